The lowest BCUT2D eigenvalue weighted by Gasteiger charge is -2.25. The van der Waals surface area contributed by atoms with Crippen molar-refractivity contribution in [3.05, 3.63) is 63.8 Å². The molecule has 0 spiro atoms. The first-order valence-corrected chi connectivity index (χ1v) is 6.36. The number of hydrogen-bond donors (Lipinski definition) is 0. The summed E-state index contributed by atoms with van der Waals surface area (Å²) in [5.74, 6) is 1.37. The molecule has 1 aliphatic heterocycles. The zero-order valence-corrected chi connectivity index (χ0v) is 10.5. The summed E-state index contributed by atoms with van der Waals surface area (Å²) in [6.07, 6.45) is 1.95. The molecule has 3 heteroatoms. The van der Waals surface area contributed by atoms with Crippen LogP contribution in [0.2, 0.25) is 0 Å². The van der Waals surface area contributed by atoms with Gasteiger partial charge in [0.15, 0.2) is 0 Å². The molecule has 18 heavy (non-hydrogen) atoms. The van der Waals surface area contributed by atoms with Crippen LogP contribution < -0.4 is 5.56 Å². The van der Waals surface area contributed by atoms with Crippen molar-refractivity contribution in [1.82, 2.24) is 9.55 Å². The minimum Gasteiger partial charge on any atom is -0.296 e. The second-order valence-corrected chi connectivity index (χ2v) is 4.91. The maximum absolute atomic E-state index is 12.0. The van der Waals surface area contributed by atoms with Crippen molar-refractivity contribution >= 4 is 0 Å². The van der Waals surface area contributed by atoms with Gasteiger partial charge < -0.3 is 0 Å². The molecule has 3 nitrogen and oxygen atoms in total. The molecule has 0 saturated carbocycles. The van der Waals surface area contributed by atoms with Crippen LogP contribution in [0.5, 0.6) is 0 Å². The van der Waals surface area contributed by atoms with E-state index >= 15 is 0 Å². The number of rotatable bonds is 1. The van der Waals surface area contributed by atoms with Gasteiger partial charge >= 0.3 is 0 Å². The molecule has 0 amide bonds. The molecule has 1 unspecified atom stereocenters. The minimum absolute atomic E-state index is 0.0816. The van der Waals surface area contributed by atoms with Crippen LogP contribution >= 0.6 is 0 Å². The molecule has 1 aromatic carbocycles. The molecule has 1 aliphatic rings. The summed E-state index contributed by atoms with van der Waals surface area (Å²) in [5, 5.41) is 0. The van der Waals surface area contributed by atoms with Crippen LogP contribution in [-0.4, -0.2) is 9.55 Å². The molecule has 2 heterocycles. The van der Waals surface area contributed by atoms with E-state index < -0.39 is 0 Å². The summed E-state index contributed by atoms with van der Waals surface area (Å²) in [6.45, 7) is 2.64. The van der Waals surface area contributed by atoms with E-state index in [1.165, 1.54) is 5.56 Å². The molecule has 0 aliphatic carbocycles. The van der Waals surface area contributed by atoms with Crippen LogP contribution in [0.1, 0.15) is 29.4 Å². The van der Waals surface area contributed by atoms with Gasteiger partial charge in [-0.15, -0.1) is 0 Å². The second kappa shape index (κ2) is 4.41. The fourth-order valence-corrected chi connectivity index (χ4v) is 2.68. The van der Waals surface area contributed by atoms with Crippen molar-refractivity contribution in [2.24, 2.45) is 0 Å². The fraction of sp³-hybridized carbons (Fsp3) is 0.333. The van der Waals surface area contributed by atoms with Gasteiger partial charge in [0.05, 0.1) is 0 Å². The predicted molar refractivity (Wildman–Crippen MR) is 70.7 cm³/mol. The zero-order chi connectivity index (χ0) is 12.5. The van der Waals surface area contributed by atoms with E-state index in [9.17, 15) is 4.79 Å². The Labute approximate surface area is 106 Å². The normalized spacial score (nSPS) is 18.4. The van der Waals surface area contributed by atoms with Gasteiger partial charge in [0, 0.05) is 30.6 Å². The average molecular weight is 240 g/mol. The van der Waals surface area contributed by atoms with Gasteiger partial charge in [0.1, 0.15) is 5.82 Å². The molecule has 0 saturated heterocycles. The maximum Gasteiger partial charge on any atom is 0.253 e. The second-order valence-electron chi connectivity index (χ2n) is 4.91. The van der Waals surface area contributed by atoms with Crippen LogP contribution in [0.15, 0.2) is 41.2 Å². The van der Waals surface area contributed by atoms with E-state index in [0.29, 0.717) is 5.92 Å². The first kappa shape index (κ1) is 11.2. The third-order valence-electron chi connectivity index (χ3n) is 3.61. The number of aryl methyl sites for hydroxylation is 2. The van der Waals surface area contributed by atoms with Crippen molar-refractivity contribution in [2.75, 3.05) is 0 Å². The lowest BCUT2D eigenvalue weighted by atomic mass is 9.91. The van der Waals surface area contributed by atoms with Crippen LogP contribution in [0.3, 0.4) is 0 Å². The van der Waals surface area contributed by atoms with Gasteiger partial charge in [-0.1, -0.05) is 30.3 Å². The van der Waals surface area contributed by atoms with Crippen LogP contribution in [0, 0.1) is 6.92 Å². The molecule has 2 aromatic rings. The van der Waals surface area contributed by atoms with Gasteiger partial charge in [-0.05, 0) is 18.9 Å². The average Bonchev–Trinajstić information content (AvgIpc) is 2.39. The molecule has 1 aromatic heterocycles. The highest BCUT2D eigenvalue weighted by Gasteiger charge is 2.21. The summed E-state index contributed by atoms with van der Waals surface area (Å²) in [6, 6.07) is 12.0. The third kappa shape index (κ3) is 1.96. The lowest BCUT2D eigenvalue weighted by Crippen LogP contribution is -2.31. The molecular weight excluding hydrogens is 224 g/mol. The van der Waals surface area contributed by atoms with Crippen LogP contribution in [-0.2, 0) is 13.0 Å². The summed E-state index contributed by atoms with van der Waals surface area (Å²) >= 11 is 0. The summed E-state index contributed by atoms with van der Waals surface area (Å²) < 4.78 is 1.83. The summed E-state index contributed by atoms with van der Waals surface area (Å²) in [4.78, 5) is 16.5. The number of hydrogen-bond acceptors (Lipinski definition) is 2. The van der Waals surface area contributed by atoms with Crippen molar-refractivity contribution < 1.29 is 0 Å². The molecule has 0 bridgehead atoms. The van der Waals surface area contributed by atoms with Crippen molar-refractivity contribution in [2.45, 2.75) is 32.2 Å². The number of benzene rings is 1. The van der Waals surface area contributed by atoms with Gasteiger partial charge in [-0.2, -0.15) is 0 Å². The van der Waals surface area contributed by atoms with E-state index in [2.05, 4.69) is 29.2 Å². The lowest BCUT2D eigenvalue weighted by molar-refractivity contribution is 0.435. The smallest absolute Gasteiger partial charge is 0.253 e. The Bertz CT molecular complexity index is 616. The Morgan fingerprint density at radius 2 is 2.06 bits per heavy atom. The van der Waals surface area contributed by atoms with Gasteiger partial charge in [-0.3, -0.25) is 9.36 Å². The Morgan fingerprint density at radius 1 is 1.28 bits per heavy atom. The van der Waals surface area contributed by atoms with Crippen LogP contribution in [0.4, 0.5) is 0 Å². The number of nitrogens with zero attached hydrogens (tertiary/aromatic N) is 2. The van der Waals surface area contributed by atoms with Gasteiger partial charge in [-0.25, -0.2) is 4.98 Å². The highest BCUT2D eigenvalue weighted by molar-refractivity contribution is 5.21. The monoisotopic (exact) mass is 240 g/mol. The highest BCUT2D eigenvalue weighted by Crippen LogP contribution is 2.26. The Kier molecular flexibility index (Phi) is 2.74. The van der Waals surface area contributed by atoms with Crippen LogP contribution in [0.25, 0.3) is 0 Å². The highest BCUT2D eigenvalue weighted by atomic mass is 16.1. The number of fused-ring (bicyclic) bond motifs is 1. The van der Waals surface area contributed by atoms with Crippen molar-refractivity contribution in [1.29, 1.82) is 0 Å². The van der Waals surface area contributed by atoms with Crippen molar-refractivity contribution in [3.63, 3.8) is 0 Å². The first-order valence-electron chi connectivity index (χ1n) is 6.36. The molecule has 1 atom stereocenters. The Hall–Kier alpha value is -1.90. The minimum atomic E-state index is 0.0816. The number of aromatic nitrogens is 2. The van der Waals surface area contributed by atoms with E-state index in [-0.39, 0.29) is 5.56 Å². The molecule has 3 rings (SSSR count). The fourth-order valence-electron chi connectivity index (χ4n) is 2.68. The quantitative estimate of drug-likeness (QED) is 0.766. The zero-order valence-electron chi connectivity index (χ0n) is 10.5. The van der Waals surface area contributed by atoms with E-state index in [1.54, 1.807) is 6.07 Å². The Balaban J connectivity index is 1.97. The largest absolute Gasteiger partial charge is 0.296 e. The van der Waals surface area contributed by atoms with E-state index in [4.69, 9.17) is 0 Å². The molecule has 92 valence electrons. The maximum atomic E-state index is 12.0. The Morgan fingerprint density at radius 3 is 2.83 bits per heavy atom. The standard InChI is InChI=1S/C15H16N2O/c1-11-9-15(18)17-10-13(7-8-14(17)16-11)12-5-3-2-4-6-12/h2-6,9,13H,7-8,10H2,1H3. The van der Waals surface area contributed by atoms with E-state index in [1.807, 2.05) is 17.6 Å². The summed E-state index contributed by atoms with van der Waals surface area (Å²) in [7, 11) is 0. The van der Waals surface area contributed by atoms with Crippen molar-refractivity contribution in [3.8, 4) is 0 Å². The topological polar surface area (TPSA) is 34.9 Å². The third-order valence-corrected chi connectivity index (χ3v) is 3.61. The molecular formula is C15H16N2O. The molecule has 0 fully saturated rings. The molecule has 0 radical (unpaired) electrons. The van der Waals surface area contributed by atoms with E-state index in [0.717, 1.165) is 30.9 Å². The first-order chi connectivity index (χ1) is 8.74. The summed E-state index contributed by atoms with van der Waals surface area (Å²) in [5.41, 5.74) is 2.22. The van der Waals surface area contributed by atoms with Gasteiger partial charge in [0.2, 0.25) is 0 Å². The molecule has 0 N–H and O–H groups in total. The predicted octanol–water partition coefficient (Wildman–Crippen LogP) is 2.28. The van der Waals surface area contributed by atoms with Gasteiger partial charge in [0.25, 0.3) is 5.56 Å². The SMILES string of the molecule is Cc1cc(=O)n2c(n1)CCC(c1ccccc1)C2.